The summed E-state index contributed by atoms with van der Waals surface area (Å²) in [5.74, 6) is -0.911. The standard InChI is InChI=1S/C8H13NO3/c1-4-6(3)8(11)12-9-7(10)5-2/h3-5H2,1-2H3,(H,9,10). The summed E-state index contributed by atoms with van der Waals surface area (Å²) in [5.41, 5.74) is 2.34. The number of carbonyl (C=O) groups is 2. The van der Waals surface area contributed by atoms with E-state index in [1.807, 2.05) is 5.48 Å². The van der Waals surface area contributed by atoms with E-state index in [0.717, 1.165) is 0 Å². The lowest BCUT2D eigenvalue weighted by molar-refractivity contribution is -0.154. The molecule has 12 heavy (non-hydrogen) atoms. The summed E-state index contributed by atoms with van der Waals surface area (Å²) in [7, 11) is 0. The van der Waals surface area contributed by atoms with Crippen molar-refractivity contribution < 1.29 is 14.4 Å². The Bertz CT molecular complexity index is 198. The molecule has 0 aromatic rings. The minimum atomic E-state index is -0.584. The second kappa shape index (κ2) is 5.35. The minimum absolute atomic E-state index is 0.284. The highest BCUT2D eigenvalue weighted by Crippen LogP contribution is 1.97. The Morgan fingerprint density at radius 3 is 2.33 bits per heavy atom. The van der Waals surface area contributed by atoms with Gasteiger partial charge in [0.15, 0.2) is 0 Å². The van der Waals surface area contributed by atoms with Gasteiger partial charge in [-0.3, -0.25) is 4.79 Å². The molecule has 0 saturated heterocycles. The van der Waals surface area contributed by atoms with Gasteiger partial charge in [-0.1, -0.05) is 20.4 Å². The quantitative estimate of drug-likeness (QED) is 0.507. The first kappa shape index (κ1) is 10.7. The third-order valence-electron chi connectivity index (χ3n) is 1.29. The number of hydrogen-bond donors (Lipinski definition) is 1. The summed E-state index contributed by atoms with van der Waals surface area (Å²) in [5, 5.41) is 0. The van der Waals surface area contributed by atoms with Gasteiger partial charge in [-0.25, -0.2) is 4.79 Å². The van der Waals surface area contributed by atoms with Crippen molar-refractivity contribution in [2.75, 3.05) is 0 Å². The first-order valence-electron chi connectivity index (χ1n) is 3.79. The molecule has 0 aromatic carbocycles. The minimum Gasteiger partial charge on any atom is -0.336 e. The monoisotopic (exact) mass is 171 g/mol. The zero-order valence-corrected chi connectivity index (χ0v) is 7.35. The van der Waals surface area contributed by atoms with Crippen LogP contribution in [0.2, 0.25) is 0 Å². The summed E-state index contributed by atoms with van der Waals surface area (Å²) >= 11 is 0. The molecule has 4 heteroatoms. The smallest absolute Gasteiger partial charge is 0.336 e. The predicted molar refractivity (Wildman–Crippen MR) is 44.0 cm³/mol. The fourth-order valence-corrected chi connectivity index (χ4v) is 0.392. The maximum absolute atomic E-state index is 10.9. The number of nitrogens with one attached hydrogen (secondary N) is 1. The summed E-state index contributed by atoms with van der Waals surface area (Å²) in [4.78, 5) is 25.9. The van der Waals surface area contributed by atoms with E-state index in [1.165, 1.54) is 0 Å². The highest BCUT2D eigenvalue weighted by molar-refractivity contribution is 5.88. The van der Waals surface area contributed by atoms with Gasteiger partial charge in [0.25, 0.3) is 5.91 Å². The Morgan fingerprint density at radius 2 is 1.92 bits per heavy atom. The topological polar surface area (TPSA) is 55.4 Å². The molecule has 0 rings (SSSR count). The van der Waals surface area contributed by atoms with Gasteiger partial charge in [-0.05, 0) is 6.42 Å². The Hall–Kier alpha value is -1.32. The molecule has 0 fully saturated rings. The van der Waals surface area contributed by atoms with Crippen LogP contribution < -0.4 is 5.48 Å². The lowest BCUT2D eigenvalue weighted by Crippen LogP contribution is -2.26. The summed E-state index contributed by atoms with van der Waals surface area (Å²) in [6.07, 6.45) is 0.798. The molecule has 0 aromatic heterocycles. The number of rotatable bonds is 3. The Balaban J connectivity index is 3.72. The molecule has 0 bridgehead atoms. The molecule has 0 spiro atoms. The van der Waals surface area contributed by atoms with Crippen molar-refractivity contribution in [1.29, 1.82) is 0 Å². The number of hydrogen-bond acceptors (Lipinski definition) is 3. The molecule has 0 saturated carbocycles. The fourth-order valence-electron chi connectivity index (χ4n) is 0.392. The van der Waals surface area contributed by atoms with Crippen LogP contribution in [0.5, 0.6) is 0 Å². The van der Waals surface area contributed by atoms with Crippen LogP contribution in [0.15, 0.2) is 12.2 Å². The molecule has 4 nitrogen and oxygen atoms in total. The molecule has 0 heterocycles. The van der Waals surface area contributed by atoms with E-state index in [1.54, 1.807) is 13.8 Å². The molecule has 0 aliphatic heterocycles. The van der Waals surface area contributed by atoms with Crippen LogP contribution in [-0.4, -0.2) is 11.9 Å². The van der Waals surface area contributed by atoms with Crippen molar-refractivity contribution in [2.45, 2.75) is 26.7 Å². The Labute approximate surface area is 71.5 Å². The van der Waals surface area contributed by atoms with E-state index >= 15 is 0 Å². The van der Waals surface area contributed by atoms with Crippen LogP contribution in [0.3, 0.4) is 0 Å². The molecule has 0 atom stereocenters. The Morgan fingerprint density at radius 1 is 1.33 bits per heavy atom. The third-order valence-corrected chi connectivity index (χ3v) is 1.29. The molecule has 68 valence electrons. The highest BCUT2D eigenvalue weighted by atomic mass is 16.7. The van der Waals surface area contributed by atoms with Crippen molar-refractivity contribution in [3.8, 4) is 0 Å². The van der Waals surface area contributed by atoms with E-state index in [4.69, 9.17) is 0 Å². The Kier molecular flexibility index (Phi) is 4.76. The van der Waals surface area contributed by atoms with Crippen LogP contribution in [0.1, 0.15) is 26.7 Å². The van der Waals surface area contributed by atoms with Gasteiger partial charge < -0.3 is 4.84 Å². The summed E-state index contributed by atoms with van der Waals surface area (Å²) < 4.78 is 0. The first-order chi connectivity index (χ1) is 5.61. The van der Waals surface area contributed by atoms with Crippen LogP contribution in [0.4, 0.5) is 0 Å². The summed E-state index contributed by atoms with van der Waals surface area (Å²) in [6, 6.07) is 0. The van der Waals surface area contributed by atoms with Gasteiger partial charge in [-0.15, -0.1) is 0 Å². The normalized spacial score (nSPS) is 8.83. The SMILES string of the molecule is C=C(CC)C(=O)ONC(=O)CC. The molecular formula is C8H13NO3. The molecule has 1 N–H and O–H groups in total. The van der Waals surface area contributed by atoms with E-state index < -0.39 is 5.97 Å². The van der Waals surface area contributed by atoms with Crippen LogP contribution in [-0.2, 0) is 14.4 Å². The van der Waals surface area contributed by atoms with E-state index in [2.05, 4.69) is 11.4 Å². The second-order valence-corrected chi connectivity index (χ2v) is 2.23. The molecule has 1 amide bonds. The maximum atomic E-state index is 10.9. The van der Waals surface area contributed by atoms with E-state index in [-0.39, 0.29) is 12.3 Å². The summed E-state index contributed by atoms with van der Waals surface area (Å²) in [6.45, 7) is 6.90. The van der Waals surface area contributed by atoms with Crippen LogP contribution in [0, 0.1) is 0 Å². The lowest BCUT2D eigenvalue weighted by Gasteiger charge is -2.03. The highest BCUT2D eigenvalue weighted by Gasteiger charge is 2.07. The average molecular weight is 171 g/mol. The van der Waals surface area contributed by atoms with Crippen molar-refractivity contribution in [3.63, 3.8) is 0 Å². The molecular weight excluding hydrogens is 158 g/mol. The van der Waals surface area contributed by atoms with Crippen LogP contribution in [0.25, 0.3) is 0 Å². The first-order valence-corrected chi connectivity index (χ1v) is 3.79. The van der Waals surface area contributed by atoms with Crippen LogP contribution >= 0.6 is 0 Å². The molecule has 0 aliphatic rings. The maximum Gasteiger partial charge on any atom is 0.358 e. The van der Waals surface area contributed by atoms with Crippen molar-refractivity contribution in [3.05, 3.63) is 12.2 Å². The van der Waals surface area contributed by atoms with Gasteiger partial charge in [0.05, 0.1) is 0 Å². The van der Waals surface area contributed by atoms with Gasteiger partial charge in [-0.2, -0.15) is 5.48 Å². The lowest BCUT2D eigenvalue weighted by atomic mass is 10.2. The number of amides is 1. The van der Waals surface area contributed by atoms with Crippen molar-refractivity contribution in [1.82, 2.24) is 5.48 Å². The number of carbonyl (C=O) groups excluding carboxylic acids is 2. The largest absolute Gasteiger partial charge is 0.358 e. The van der Waals surface area contributed by atoms with Crippen molar-refractivity contribution >= 4 is 11.9 Å². The van der Waals surface area contributed by atoms with Gasteiger partial charge >= 0.3 is 5.97 Å². The zero-order valence-electron chi connectivity index (χ0n) is 7.35. The predicted octanol–water partition coefficient (Wildman–Crippen LogP) is 0.937. The van der Waals surface area contributed by atoms with Crippen molar-refractivity contribution in [2.24, 2.45) is 0 Å². The molecule has 0 radical (unpaired) electrons. The number of hydroxylamine groups is 1. The van der Waals surface area contributed by atoms with E-state index in [9.17, 15) is 9.59 Å². The zero-order chi connectivity index (χ0) is 9.56. The molecule has 0 unspecified atom stereocenters. The third kappa shape index (κ3) is 3.75. The average Bonchev–Trinajstić information content (AvgIpc) is 2.11. The van der Waals surface area contributed by atoms with E-state index in [0.29, 0.717) is 12.0 Å². The van der Waals surface area contributed by atoms with Gasteiger partial charge in [0, 0.05) is 12.0 Å². The fraction of sp³-hybridized carbons (Fsp3) is 0.500. The molecule has 0 aliphatic carbocycles. The van der Waals surface area contributed by atoms with Gasteiger partial charge in [0.1, 0.15) is 0 Å². The second-order valence-electron chi connectivity index (χ2n) is 2.23. The van der Waals surface area contributed by atoms with Gasteiger partial charge in [0.2, 0.25) is 0 Å².